The number of amides is 1. The molecule has 33 heavy (non-hydrogen) atoms. The number of rotatable bonds is 10. The van der Waals surface area contributed by atoms with Gasteiger partial charge in [-0.3, -0.25) is 9.10 Å². The van der Waals surface area contributed by atoms with Gasteiger partial charge in [0.25, 0.3) is 10.0 Å². The number of carbonyl (C=O) groups excluding carboxylic acids is 1. The second kappa shape index (κ2) is 11.0. The highest BCUT2D eigenvalue weighted by molar-refractivity contribution is 7.92. The number of para-hydroxylation sites is 1. The van der Waals surface area contributed by atoms with Crippen LogP contribution in [0.15, 0.2) is 77.7 Å². The van der Waals surface area contributed by atoms with E-state index in [1.807, 2.05) is 50.2 Å². The van der Waals surface area contributed by atoms with Crippen LogP contribution in [0.1, 0.15) is 23.1 Å². The topological polar surface area (TPSA) is 75.7 Å². The molecule has 0 saturated carbocycles. The Labute approximate surface area is 196 Å². The predicted molar refractivity (Wildman–Crippen MR) is 131 cm³/mol. The van der Waals surface area contributed by atoms with Gasteiger partial charge in [-0.1, -0.05) is 48.5 Å². The van der Waals surface area contributed by atoms with E-state index in [0.717, 1.165) is 28.9 Å². The molecular formula is C26H30N2O4S. The Bertz CT molecular complexity index is 1190. The molecule has 0 saturated heterocycles. The zero-order chi connectivity index (χ0) is 23.8. The Hall–Kier alpha value is -3.32. The van der Waals surface area contributed by atoms with E-state index in [0.29, 0.717) is 18.7 Å². The van der Waals surface area contributed by atoms with Crippen LogP contribution in [0.2, 0.25) is 0 Å². The maximum Gasteiger partial charge on any atom is 0.264 e. The summed E-state index contributed by atoms with van der Waals surface area (Å²) in [5.74, 6) is 0.467. The van der Waals surface area contributed by atoms with Gasteiger partial charge < -0.3 is 10.1 Å². The molecule has 3 rings (SSSR count). The van der Waals surface area contributed by atoms with Gasteiger partial charge in [0.05, 0.1) is 17.7 Å². The zero-order valence-corrected chi connectivity index (χ0v) is 20.1. The maximum absolute atomic E-state index is 13.4. The van der Waals surface area contributed by atoms with Crippen LogP contribution < -0.4 is 14.4 Å². The fraction of sp³-hybridized carbons (Fsp3) is 0.269. The lowest BCUT2D eigenvalue weighted by Gasteiger charge is -2.26. The molecule has 174 valence electrons. The predicted octanol–water partition coefficient (Wildman–Crippen LogP) is 4.26. The molecule has 0 unspecified atom stereocenters. The van der Waals surface area contributed by atoms with Gasteiger partial charge in [-0.05, 0) is 67.6 Å². The number of nitrogens with one attached hydrogen (secondary N) is 1. The number of nitrogens with zero attached hydrogens (tertiary/aromatic N) is 1. The highest BCUT2D eigenvalue weighted by Gasteiger charge is 2.28. The molecule has 0 aromatic heterocycles. The van der Waals surface area contributed by atoms with Gasteiger partial charge in [-0.25, -0.2) is 8.42 Å². The summed E-state index contributed by atoms with van der Waals surface area (Å²) in [7, 11) is -2.28. The second-order valence-electron chi connectivity index (χ2n) is 7.88. The molecule has 7 heteroatoms. The number of benzene rings is 3. The van der Waals surface area contributed by atoms with Crippen molar-refractivity contribution in [2.75, 3.05) is 24.5 Å². The SMILES string of the molecule is COc1ccccc1CCCNC(=O)CN(c1cc(C)ccc1C)S(=O)(=O)c1ccccc1. The van der Waals surface area contributed by atoms with Crippen molar-refractivity contribution in [2.45, 2.75) is 31.6 Å². The number of methoxy groups -OCH3 is 1. The average molecular weight is 467 g/mol. The number of carbonyl (C=O) groups is 1. The third-order valence-electron chi connectivity index (χ3n) is 5.39. The van der Waals surface area contributed by atoms with Gasteiger partial charge in [0.2, 0.25) is 5.91 Å². The molecule has 0 aliphatic carbocycles. The Kier molecular flexibility index (Phi) is 8.11. The zero-order valence-electron chi connectivity index (χ0n) is 19.2. The Morgan fingerprint density at radius 2 is 1.67 bits per heavy atom. The average Bonchev–Trinajstić information content (AvgIpc) is 2.82. The molecule has 1 amide bonds. The second-order valence-corrected chi connectivity index (χ2v) is 9.74. The molecule has 3 aromatic carbocycles. The van der Waals surface area contributed by atoms with E-state index in [2.05, 4.69) is 5.32 Å². The van der Waals surface area contributed by atoms with Crippen molar-refractivity contribution in [1.29, 1.82) is 0 Å². The lowest BCUT2D eigenvalue weighted by atomic mass is 10.1. The van der Waals surface area contributed by atoms with E-state index >= 15 is 0 Å². The van der Waals surface area contributed by atoms with Crippen LogP contribution in [-0.4, -0.2) is 34.5 Å². The number of hydrogen-bond acceptors (Lipinski definition) is 4. The van der Waals surface area contributed by atoms with Gasteiger partial charge in [-0.2, -0.15) is 0 Å². The van der Waals surface area contributed by atoms with Crippen LogP contribution in [0.4, 0.5) is 5.69 Å². The summed E-state index contributed by atoms with van der Waals surface area (Å²) in [5.41, 5.74) is 3.27. The Balaban J connectivity index is 1.73. The van der Waals surface area contributed by atoms with Crippen molar-refractivity contribution in [1.82, 2.24) is 5.32 Å². The molecule has 0 fully saturated rings. The number of anilines is 1. The van der Waals surface area contributed by atoms with Gasteiger partial charge in [0.15, 0.2) is 0 Å². The van der Waals surface area contributed by atoms with Gasteiger partial charge in [0.1, 0.15) is 12.3 Å². The van der Waals surface area contributed by atoms with Crippen molar-refractivity contribution >= 4 is 21.6 Å². The first-order valence-corrected chi connectivity index (χ1v) is 12.3. The minimum Gasteiger partial charge on any atom is -0.496 e. The maximum atomic E-state index is 13.4. The van der Waals surface area contributed by atoms with E-state index in [1.165, 1.54) is 4.31 Å². The molecule has 0 aliphatic heterocycles. The van der Waals surface area contributed by atoms with Crippen LogP contribution in [0.5, 0.6) is 5.75 Å². The first-order valence-electron chi connectivity index (χ1n) is 10.9. The third kappa shape index (κ3) is 6.14. The molecular weight excluding hydrogens is 436 g/mol. The minimum absolute atomic E-state index is 0.148. The third-order valence-corrected chi connectivity index (χ3v) is 7.16. The van der Waals surface area contributed by atoms with E-state index in [1.54, 1.807) is 43.5 Å². The quantitative estimate of drug-likeness (QED) is 0.453. The van der Waals surface area contributed by atoms with Crippen molar-refractivity contribution in [3.63, 3.8) is 0 Å². The van der Waals surface area contributed by atoms with Crippen LogP contribution in [0.25, 0.3) is 0 Å². The lowest BCUT2D eigenvalue weighted by molar-refractivity contribution is -0.119. The molecule has 0 aliphatic rings. The van der Waals surface area contributed by atoms with E-state index in [-0.39, 0.29) is 17.3 Å². The van der Waals surface area contributed by atoms with Crippen molar-refractivity contribution < 1.29 is 17.9 Å². The summed E-state index contributed by atoms with van der Waals surface area (Å²) < 4.78 is 33.5. The molecule has 0 heterocycles. The fourth-order valence-electron chi connectivity index (χ4n) is 3.61. The highest BCUT2D eigenvalue weighted by atomic mass is 32.2. The van der Waals surface area contributed by atoms with Crippen LogP contribution >= 0.6 is 0 Å². The number of sulfonamides is 1. The van der Waals surface area contributed by atoms with Crippen molar-refractivity contribution in [3.8, 4) is 5.75 Å². The molecule has 0 spiro atoms. The molecule has 0 atom stereocenters. The first kappa shape index (κ1) is 24.3. The first-order chi connectivity index (χ1) is 15.8. The number of hydrogen-bond donors (Lipinski definition) is 1. The monoisotopic (exact) mass is 466 g/mol. The number of aryl methyl sites for hydroxylation is 3. The summed E-state index contributed by atoms with van der Waals surface area (Å²) in [4.78, 5) is 12.9. The molecule has 0 bridgehead atoms. The van der Waals surface area contributed by atoms with Crippen LogP contribution in [-0.2, 0) is 21.2 Å². The van der Waals surface area contributed by atoms with E-state index in [9.17, 15) is 13.2 Å². The summed E-state index contributed by atoms with van der Waals surface area (Å²) in [6, 6.07) is 21.5. The van der Waals surface area contributed by atoms with Gasteiger partial charge in [0, 0.05) is 6.54 Å². The molecule has 1 N–H and O–H groups in total. The lowest BCUT2D eigenvalue weighted by Crippen LogP contribution is -2.41. The summed E-state index contributed by atoms with van der Waals surface area (Å²) in [5, 5.41) is 2.86. The van der Waals surface area contributed by atoms with Gasteiger partial charge >= 0.3 is 0 Å². The Morgan fingerprint density at radius 1 is 0.970 bits per heavy atom. The molecule has 3 aromatic rings. The van der Waals surface area contributed by atoms with Gasteiger partial charge in [-0.15, -0.1) is 0 Å². The van der Waals surface area contributed by atoms with Crippen LogP contribution in [0, 0.1) is 13.8 Å². The largest absolute Gasteiger partial charge is 0.496 e. The summed E-state index contributed by atoms with van der Waals surface area (Å²) in [6.07, 6.45) is 1.45. The normalized spacial score (nSPS) is 11.1. The minimum atomic E-state index is -3.92. The van der Waals surface area contributed by atoms with E-state index < -0.39 is 10.0 Å². The molecule has 6 nitrogen and oxygen atoms in total. The standard InChI is InChI=1S/C26H30N2O4S/c1-20-15-16-21(2)24(18-20)28(33(30,31)23-12-5-4-6-13-23)19-26(29)27-17-9-11-22-10-7-8-14-25(22)32-3/h4-8,10,12-16,18H,9,11,17,19H2,1-3H3,(H,27,29). The molecule has 0 radical (unpaired) electrons. The van der Waals surface area contributed by atoms with Crippen molar-refractivity contribution in [3.05, 3.63) is 89.5 Å². The summed E-state index contributed by atoms with van der Waals surface area (Å²) in [6.45, 7) is 3.88. The summed E-state index contributed by atoms with van der Waals surface area (Å²) >= 11 is 0. The highest BCUT2D eigenvalue weighted by Crippen LogP contribution is 2.27. The van der Waals surface area contributed by atoms with Crippen LogP contribution in [0.3, 0.4) is 0 Å². The van der Waals surface area contributed by atoms with Crippen molar-refractivity contribution in [2.24, 2.45) is 0 Å². The fourth-order valence-corrected chi connectivity index (χ4v) is 5.11. The van der Waals surface area contributed by atoms with E-state index in [4.69, 9.17) is 4.74 Å². The smallest absolute Gasteiger partial charge is 0.264 e. The Morgan fingerprint density at radius 3 is 2.39 bits per heavy atom. The number of ether oxygens (including phenoxy) is 1.